The highest BCUT2D eigenvalue weighted by atomic mass is 19.1. The standard InChI is InChI=1S/C31H37FN6O2/c1-22-17-34-38(19-22)26-12-10-25(11-13-26)37-16-4-5-24(20-37)35-28-6-2-3-7-29(28)36-31-33-18-30(40-31)23-8-14-27(15-9-23)39-21-32/h8-15,17-19,24,28-29,35H,2-7,16,20-21H2,1H3,(H,33,36)/t24-,28+,29+/m0/s1. The lowest BCUT2D eigenvalue weighted by Crippen LogP contribution is -2.54. The molecular formula is C31H37FN6O2. The van der Waals surface area contributed by atoms with Crippen LogP contribution in [0.5, 0.6) is 5.75 Å². The van der Waals surface area contributed by atoms with Crippen LogP contribution in [0.3, 0.4) is 0 Å². The fourth-order valence-electron chi connectivity index (χ4n) is 5.94. The Morgan fingerprint density at radius 3 is 2.48 bits per heavy atom. The number of aromatic nitrogens is 3. The first-order valence-electron chi connectivity index (χ1n) is 14.3. The van der Waals surface area contributed by atoms with E-state index >= 15 is 0 Å². The highest BCUT2D eigenvalue weighted by Crippen LogP contribution is 2.29. The van der Waals surface area contributed by atoms with Crippen LogP contribution in [0.2, 0.25) is 0 Å². The molecule has 2 aromatic carbocycles. The van der Waals surface area contributed by atoms with Crippen molar-refractivity contribution in [1.82, 2.24) is 20.1 Å². The lowest BCUT2D eigenvalue weighted by molar-refractivity contribution is 0.192. The molecule has 0 unspecified atom stereocenters. The third-order valence-corrected chi connectivity index (χ3v) is 8.00. The second kappa shape index (κ2) is 12.1. The zero-order valence-corrected chi connectivity index (χ0v) is 22.9. The highest BCUT2D eigenvalue weighted by Gasteiger charge is 2.30. The van der Waals surface area contributed by atoms with Crippen molar-refractivity contribution in [3.8, 4) is 22.8 Å². The van der Waals surface area contributed by atoms with Crippen molar-refractivity contribution in [3.63, 3.8) is 0 Å². The second-order valence-electron chi connectivity index (χ2n) is 10.9. The fraction of sp³-hybridized carbons (Fsp3) is 0.419. The molecule has 8 nitrogen and oxygen atoms in total. The molecule has 0 radical (unpaired) electrons. The number of anilines is 2. The van der Waals surface area contributed by atoms with Gasteiger partial charge in [0, 0.05) is 48.7 Å². The van der Waals surface area contributed by atoms with E-state index in [1.807, 2.05) is 29.2 Å². The SMILES string of the molecule is Cc1cnn(-c2ccc(N3CCC[C@H](N[C@@H]4CCCC[C@H]4Nc4ncc(-c5ccc(OCF)cc5)o4)C3)cc2)c1. The van der Waals surface area contributed by atoms with Crippen LogP contribution in [0.15, 0.2) is 71.5 Å². The molecule has 2 N–H and O–H groups in total. The van der Waals surface area contributed by atoms with Gasteiger partial charge in [0.1, 0.15) is 5.75 Å². The molecule has 9 heteroatoms. The Balaban J connectivity index is 1.07. The lowest BCUT2D eigenvalue weighted by Gasteiger charge is -2.40. The van der Waals surface area contributed by atoms with Crippen LogP contribution in [0, 0.1) is 6.92 Å². The Hall–Kier alpha value is -3.85. The van der Waals surface area contributed by atoms with Gasteiger partial charge in [-0.3, -0.25) is 0 Å². The molecule has 1 saturated heterocycles. The molecule has 3 atom stereocenters. The van der Waals surface area contributed by atoms with Crippen molar-refractivity contribution in [3.05, 3.63) is 72.7 Å². The van der Waals surface area contributed by atoms with Crippen LogP contribution in [0.1, 0.15) is 44.1 Å². The lowest BCUT2D eigenvalue weighted by atomic mass is 9.89. The number of halogens is 1. The van der Waals surface area contributed by atoms with E-state index in [1.165, 1.54) is 31.4 Å². The molecule has 0 bridgehead atoms. The summed E-state index contributed by atoms with van der Waals surface area (Å²) in [5, 5.41) is 12.0. The first-order chi connectivity index (χ1) is 19.6. The maximum absolute atomic E-state index is 12.4. The Morgan fingerprint density at radius 1 is 0.950 bits per heavy atom. The van der Waals surface area contributed by atoms with Crippen molar-refractivity contribution in [2.45, 2.75) is 63.6 Å². The van der Waals surface area contributed by atoms with Gasteiger partial charge in [-0.1, -0.05) is 12.8 Å². The number of oxazole rings is 1. The van der Waals surface area contributed by atoms with Gasteiger partial charge in [0.05, 0.1) is 18.1 Å². The summed E-state index contributed by atoms with van der Waals surface area (Å²) in [4.78, 5) is 6.99. The molecule has 6 rings (SSSR count). The Labute approximate surface area is 234 Å². The number of hydrogen-bond donors (Lipinski definition) is 2. The largest absolute Gasteiger partial charge is 0.463 e. The van der Waals surface area contributed by atoms with Crippen LogP contribution in [0.4, 0.5) is 16.1 Å². The number of piperidine rings is 1. The quantitative estimate of drug-likeness (QED) is 0.263. The minimum atomic E-state index is -0.842. The molecule has 3 heterocycles. The van der Waals surface area contributed by atoms with E-state index in [4.69, 9.17) is 9.15 Å². The highest BCUT2D eigenvalue weighted by molar-refractivity contribution is 5.58. The smallest absolute Gasteiger partial charge is 0.295 e. The molecule has 2 fully saturated rings. The molecule has 40 heavy (non-hydrogen) atoms. The van der Waals surface area contributed by atoms with Gasteiger partial charge in [-0.15, -0.1) is 0 Å². The number of rotatable bonds is 9. The van der Waals surface area contributed by atoms with Gasteiger partial charge in [0.15, 0.2) is 5.76 Å². The molecule has 210 valence electrons. The van der Waals surface area contributed by atoms with Crippen molar-refractivity contribution in [2.24, 2.45) is 0 Å². The number of benzene rings is 2. The second-order valence-corrected chi connectivity index (χ2v) is 10.9. The van der Waals surface area contributed by atoms with Crippen molar-refractivity contribution >= 4 is 11.7 Å². The Morgan fingerprint density at radius 2 is 1.73 bits per heavy atom. The van der Waals surface area contributed by atoms with Crippen LogP contribution >= 0.6 is 0 Å². The minimum Gasteiger partial charge on any atom is -0.463 e. The van der Waals surface area contributed by atoms with E-state index in [9.17, 15) is 4.39 Å². The summed E-state index contributed by atoms with van der Waals surface area (Å²) in [5.74, 6) is 1.16. The molecule has 1 saturated carbocycles. The third-order valence-electron chi connectivity index (χ3n) is 8.00. The summed E-state index contributed by atoms with van der Waals surface area (Å²) in [7, 11) is 0. The zero-order valence-electron chi connectivity index (χ0n) is 22.9. The number of hydrogen-bond acceptors (Lipinski definition) is 7. The van der Waals surface area contributed by atoms with E-state index in [-0.39, 0.29) is 6.04 Å². The van der Waals surface area contributed by atoms with E-state index in [2.05, 4.69) is 56.8 Å². The van der Waals surface area contributed by atoms with Crippen molar-refractivity contribution < 1.29 is 13.5 Å². The summed E-state index contributed by atoms with van der Waals surface area (Å²) in [6, 6.07) is 17.5. The van der Waals surface area contributed by atoms with Crippen LogP contribution in [-0.2, 0) is 0 Å². The summed E-state index contributed by atoms with van der Waals surface area (Å²) in [6.45, 7) is 3.28. The van der Waals surface area contributed by atoms with E-state index in [0.717, 1.165) is 42.7 Å². The fourth-order valence-corrected chi connectivity index (χ4v) is 5.94. The summed E-state index contributed by atoms with van der Waals surface area (Å²) < 4.78 is 25.3. The molecule has 1 aliphatic heterocycles. The molecule has 1 aliphatic carbocycles. The van der Waals surface area contributed by atoms with Crippen LogP contribution < -0.4 is 20.3 Å². The van der Waals surface area contributed by atoms with E-state index in [0.29, 0.717) is 29.6 Å². The van der Waals surface area contributed by atoms with Gasteiger partial charge in [-0.25, -0.2) is 14.1 Å². The average molecular weight is 545 g/mol. The van der Waals surface area contributed by atoms with E-state index < -0.39 is 6.86 Å². The maximum atomic E-state index is 12.4. The molecule has 0 spiro atoms. The van der Waals surface area contributed by atoms with E-state index in [1.54, 1.807) is 18.3 Å². The van der Waals surface area contributed by atoms with Gasteiger partial charge in [-0.2, -0.15) is 5.10 Å². The summed E-state index contributed by atoms with van der Waals surface area (Å²) in [6.07, 6.45) is 12.6. The molecular weight excluding hydrogens is 507 g/mol. The molecule has 4 aromatic rings. The van der Waals surface area contributed by atoms with Crippen LogP contribution in [-0.4, -0.2) is 52.8 Å². The first-order valence-corrected chi connectivity index (χ1v) is 14.3. The Kier molecular flexibility index (Phi) is 7.99. The number of nitrogens with one attached hydrogen (secondary N) is 2. The summed E-state index contributed by atoms with van der Waals surface area (Å²) in [5.41, 5.74) is 4.37. The van der Waals surface area contributed by atoms with Crippen LogP contribution in [0.25, 0.3) is 17.0 Å². The molecule has 0 amide bonds. The Bertz CT molecular complexity index is 1370. The summed E-state index contributed by atoms with van der Waals surface area (Å²) >= 11 is 0. The van der Waals surface area contributed by atoms with Gasteiger partial charge in [0.25, 0.3) is 6.01 Å². The van der Waals surface area contributed by atoms with Gasteiger partial charge >= 0.3 is 0 Å². The zero-order chi connectivity index (χ0) is 27.3. The third kappa shape index (κ3) is 6.14. The molecule has 2 aliphatic rings. The predicted octanol–water partition coefficient (Wildman–Crippen LogP) is 6.12. The number of alkyl halides is 1. The maximum Gasteiger partial charge on any atom is 0.295 e. The van der Waals surface area contributed by atoms with Crippen molar-refractivity contribution in [2.75, 3.05) is 30.2 Å². The van der Waals surface area contributed by atoms with Crippen molar-refractivity contribution in [1.29, 1.82) is 0 Å². The number of ether oxygens (including phenoxy) is 1. The monoisotopic (exact) mass is 544 g/mol. The average Bonchev–Trinajstić information content (AvgIpc) is 3.64. The minimum absolute atomic E-state index is 0.257. The number of nitrogens with zero attached hydrogens (tertiary/aromatic N) is 4. The molecule has 2 aromatic heterocycles. The first kappa shape index (κ1) is 26.4. The van der Waals surface area contributed by atoms with Gasteiger partial charge < -0.3 is 24.7 Å². The predicted molar refractivity (Wildman–Crippen MR) is 155 cm³/mol. The normalized spacial score (nSPS) is 21.4. The van der Waals surface area contributed by atoms with Gasteiger partial charge in [-0.05, 0) is 86.7 Å². The number of aryl methyl sites for hydroxylation is 1. The van der Waals surface area contributed by atoms with Gasteiger partial charge in [0.2, 0.25) is 6.86 Å². The topological polar surface area (TPSA) is 80.4 Å².